The monoisotopic (exact) mass is 359 g/mol. The van der Waals surface area contributed by atoms with E-state index in [1.54, 1.807) is 0 Å². The third kappa shape index (κ3) is 1.79. The second-order valence-electron chi connectivity index (χ2n) is 8.97. The molecule has 138 valence electrons. The van der Waals surface area contributed by atoms with Crippen molar-refractivity contribution in [1.29, 1.82) is 0 Å². The predicted molar refractivity (Wildman–Crippen MR) is 105 cm³/mol. The van der Waals surface area contributed by atoms with Crippen LogP contribution < -0.4 is 4.90 Å². The Balaban J connectivity index is 1.50. The zero-order valence-corrected chi connectivity index (χ0v) is 15.7. The SMILES string of the molecule is C[C@@]12CCCC[C@]13O[C@H](C2=O)[C@@H]1[C@H]3c2ccccc2N1Cc1ccccc1. The first kappa shape index (κ1) is 15.9. The highest BCUT2D eigenvalue weighted by Crippen LogP contribution is 2.69. The standard InChI is InChI=1S/C24H25NO2/c1-23-13-7-8-14-24(23)19-17-11-5-6-12-18(17)25(15-16-9-3-2-4-10-16)20(19)21(27-24)22(23)26/h2-6,9-12,19-21H,7-8,13-15H2,1H3/t19-,20+,21+,23+,24-/m1/s1. The van der Waals surface area contributed by atoms with E-state index in [1.807, 2.05) is 0 Å². The van der Waals surface area contributed by atoms with Crippen molar-refractivity contribution in [2.75, 3.05) is 4.90 Å². The van der Waals surface area contributed by atoms with Crippen LogP contribution in [0.5, 0.6) is 0 Å². The van der Waals surface area contributed by atoms with Crippen molar-refractivity contribution in [3.63, 3.8) is 0 Å². The van der Waals surface area contributed by atoms with Crippen molar-refractivity contribution >= 4 is 11.5 Å². The third-order valence-electron chi connectivity index (χ3n) is 7.84. The van der Waals surface area contributed by atoms with Crippen molar-refractivity contribution in [3.8, 4) is 0 Å². The number of ketones is 1. The van der Waals surface area contributed by atoms with E-state index in [9.17, 15) is 4.79 Å². The quantitative estimate of drug-likeness (QED) is 0.793. The van der Waals surface area contributed by atoms with Gasteiger partial charge in [-0.1, -0.05) is 61.4 Å². The molecule has 2 aromatic carbocycles. The molecule has 3 aliphatic heterocycles. The minimum absolute atomic E-state index is 0.140. The fourth-order valence-electron chi connectivity index (χ4n) is 6.64. The molecule has 5 atom stereocenters. The molecule has 3 fully saturated rings. The van der Waals surface area contributed by atoms with Crippen LogP contribution in [0.4, 0.5) is 5.69 Å². The molecule has 2 bridgehead atoms. The molecule has 3 heteroatoms. The Morgan fingerprint density at radius 2 is 1.78 bits per heavy atom. The van der Waals surface area contributed by atoms with Crippen LogP contribution in [0.2, 0.25) is 0 Å². The Kier molecular flexibility index (Phi) is 3.08. The highest BCUT2D eigenvalue weighted by molar-refractivity contribution is 5.96. The lowest BCUT2D eigenvalue weighted by Crippen LogP contribution is -2.59. The van der Waals surface area contributed by atoms with Gasteiger partial charge in [-0.05, 0) is 37.0 Å². The Bertz CT molecular complexity index is 925. The normalized spacial score (nSPS) is 38.6. The van der Waals surface area contributed by atoms with E-state index in [-0.39, 0.29) is 23.2 Å². The maximum Gasteiger partial charge on any atom is 0.172 e. The van der Waals surface area contributed by atoms with E-state index in [0.29, 0.717) is 11.7 Å². The van der Waals surface area contributed by atoms with Gasteiger partial charge in [0.1, 0.15) is 6.10 Å². The van der Waals surface area contributed by atoms with Crippen LogP contribution in [0.25, 0.3) is 0 Å². The molecule has 27 heavy (non-hydrogen) atoms. The molecule has 0 amide bonds. The Hall–Kier alpha value is -2.13. The molecule has 3 nitrogen and oxygen atoms in total. The average molecular weight is 359 g/mol. The smallest absolute Gasteiger partial charge is 0.172 e. The number of hydrogen-bond acceptors (Lipinski definition) is 3. The number of fused-ring (bicyclic) bond motifs is 5. The topological polar surface area (TPSA) is 29.5 Å². The summed E-state index contributed by atoms with van der Waals surface area (Å²) in [6.07, 6.45) is 4.02. The molecular formula is C24H25NO2. The maximum atomic E-state index is 13.5. The van der Waals surface area contributed by atoms with Gasteiger partial charge < -0.3 is 9.64 Å². The summed E-state index contributed by atoms with van der Waals surface area (Å²) in [5.74, 6) is 0.666. The van der Waals surface area contributed by atoms with Crippen LogP contribution in [0, 0.1) is 5.41 Å². The number of benzene rings is 2. The molecule has 0 unspecified atom stereocenters. The highest BCUT2D eigenvalue weighted by Gasteiger charge is 2.77. The molecule has 1 aliphatic carbocycles. The summed E-state index contributed by atoms with van der Waals surface area (Å²) in [4.78, 5) is 15.9. The van der Waals surface area contributed by atoms with E-state index in [2.05, 4.69) is 66.4 Å². The molecule has 3 heterocycles. The lowest BCUT2D eigenvalue weighted by atomic mass is 9.53. The van der Waals surface area contributed by atoms with Crippen LogP contribution in [-0.2, 0) is 16.1 Å². The van der Waals surface area contributed by atoms with Crippen LogP contribution in [0.15, 0.2) is 54.6 Å². The van der Waals surface area contributed by atoms with Crippen LogP contribution in [0.3, 0.4) is 0 Å². The Morgan fingerprint density at radius 3 is 2.63 bits per heavy atom. The van der Waals surface area contributed by atoms with Gasteiger partial charge in [-0.15, -0.1) is 0 Å². The van der Waals surface area contributed by atoms with Crippen molar-refractivity contribution in [1.82, 2.24) is 0 Å². The molecule has 2 aromatic rings. The lowest BCUT2D eigenvalue weighted by molar-refractivity contribution is -0.133. The largest absolute Gasteiger partial charge is 0.360 e. The Labute approximate surface area is 160 Å². The van der Waals surface area contributed by atoms with Gasteiger partial charge in [-0.25, -0.2) is 0 Å². The molecule has 0 N–H and O–H groups in total. The van der Waals surface area contributed by atoms with E-state index < -0.39 is 0 Å². The number of rotatable bonds is 2. The predicted octanol–water partition coefficient (Wildman–Crippen LogP) is 4.46. The number of anilines is 1. The number of ether oxygens (including phenoxy) is 1. The molecule has 0 aromatic heterocycles. The summed E-state index contributed by atoms with van der Waals surface area (Å²) in [7, 11) is 0. The number of hydrogen-bond donors (Lipinski definition) is 0. The third-order valence-corrected chi connectivity index (χ3v) is 7.84. The van der Waals surface area contributed by atoms with Gasteiger partial charge in [0.25, 0.3) is 0 Å². The van der Waals surface area contributed by atoms with Crippen LogP contribution in [0.1, 0.15) is 49.7 Å². The fraction of sp³-hybridized carbons (Fsp3) is 0.458. The summed E-state index contributed by atoms with van der Waals surface area (Å²) in [6.45, 7) is 3.02. The minimum Gasteiger partial charge on any atom is -0.360 e. The molecule has 2 saturated heterocycles. The number of nitrogens with zero attached hydrogens (tertiary/aromatic N) is 1. The van der Waals surface area contributed by atoms with Crippen molar-refractivity contribution in [2.45, 2.75) is 62.8 Å². The van der Waals surface area contributed by atoms with Gasteiger partial charge in [-0.3, -0.25) is 4.79 Å². The second kappa shape index (κ2) is 5.23. The van der Waals surface area contributed by atoms with E-state index >= 15 is 0 Å². The first-order chi connectivity index (χ1) is 13.2. The second-order valence-corrected chi connectivity index (χ2v) is 8.97. The van der Waals surface area contributed by atoms with Gasteiger partial charge in [0, 0.05) is 18.2 Å². The summed E-state index contributed by atoms with van der Waals surface area (Å²) >= 11 is 0. The van der Waals surface area contributed by atoms with Gasteiger partial charge in [-0.2, -0.15) is 0 Å². The molecule has 0 radical (unpaired) electrons. The van der Waals surface area contributed by atoms with Gasteiger partial charge in [0.05, 0.1) is 17.1 Å². The van der Waals surface area contributed by atoms with Crippen molar-refractivity contribution in [2.24, 2.45) is 5.41 Å². The number of carbonyl (C=O) groups is 1. The number of carbonyl (C=O) groups excluding carboxylic acids is 1. The molecular weight excluding hydrogens is 334 g/mol. The maximum absolute atomic E-state index is 13.5. The highest BCUT2D eigenvalue weighted by atomic mass is 16.5. The van der Waals surface area contributed by atoms with Crippen molar-refractivity contribution < 1.29 is 9.53 Å². The average Bonchev–Trinajstić information content (AvgIpc) is 3.28. The van der Waals surface area contributed by atoms with E-state index in [4.69, 9.17) is 4.74 Å². The molecule has 4 aliphatic rings. The van der Waals surface area contributed by atoms with Gasteiger partial charge in [0.15, 0.2) is 5.78 Å². The van der Waals surface area contributed by atoms with Crippen molar-refractivity contribution in [3.05, 3.63) is 65.7 Å². The lowest BCUT2D eigenvalue weighted by Gasteiger charge is -2.49. The number of para-hydroxylation sites is 1. The molecule has 6 rings (SSSR count). The van der Waals surface area contributed by atoms with E-state index in [0.717, 1.165) is 25.8 Å². The van der Waals surface area contributed by atoms with Gasteiger partial charge in [0.2, 0.25) is 0 Å². The summed E-state index contributed by atoms with van der Waals surface area (Å²) in [6, 6.07) is 19.5. The zero-order valence-electron chi connectivity index (χ0n) is 15.7. The summed E-state index contributed by atoms with van der Waals surface area (Å²) in [5.41, 5.74) is 3.35. The van der Waals surface area contributed by atoms with Gasteiger partial charge >= 0.3 is 0 Å². The summed E-state index contributed by atoms with van der Waals surface area (Å²) in [5, 5.41) is 0. The zero-order chi connectivity index (χ0) is 18.2. The first-order valence-electron chi connectivity index (χ1n) is 10.3. The minimum atomic E-state index is -0.313. The molecule has 1 saturated carbocycles. The first-order valence-corrected chi connectivity index (χ1v) is 10.3. The number of Topliss-reactive ketones (excluding diaryl/α,β-unsaturated/α-hetero) is 1. The van der Waals surface area contributed by atoms with E-state index in [1.165, 1.54) is 23.2 Å². The fourth-order valence-corrected chi connectivity index (χ4v) is 6.64. The van der Waals surface area contributed by atoms with Crippen LogP contribution in [-0.4, -0.2) is 23.5 Å². The molecule has 1 spiro atoms. The summed E-state index contributed by atoms with van der Waals surface area (Å²) < 4.78 is 6.68. The van der Waals surface area contributed by atoms with Crippen LogP contribution >= 0.6 is 0 Å². The Morgan fingerprint density at radius 1 is 1.04 bits per heavy atom.